The van der Waals surface area contributed by atoms with Crippen LogP contribution < -0.4 is 9.47 Å². The van der Waals surface area contributed by atoms with Crippen LogP contribution in [0.5, 0.6) is 11.5 Å². The predicted octanol–water partition coefficient (Wildman–Crippen LogP) is 2.28. The van der Waals surface area contributed by atoms with Gasteiger partial charge in [-0.2, -0.15) is 5.10 Å². The third-order valence-corrected chi connectivity index (χ3v) is 5.20. The van der Waals surface area contributed by atoms with E-state index in [-0.39, 0.29) is 19.0 Å². The molecule has 1 aliphatic rings. The van der Waals surface area contributed by atoms with Crippen LogP contribution in [0.1, 0.15) is 5.56 Å². The van der Waals surface area contributed by atoms with Crippen LogP contribution in [-0.2, 0) is 17.8 Å². The minimum atomic E-state index is -1.30. The molecule has 1 atom stereocenters. The number of β-amino-alcohol motifs (C(OH)–C–C–N with tert-alkyl or cyclic N) is 1. The maximum absolute atomic E-state index is 13.4. The van der Waals surface area contributed by atoms with E-state index in [9.17, 15) is 13.9 Å². The first kappa shape index (κ1) is 23.1. The molecule has 0 spiro atoms. The number of rotatable bonds is 9. The van der Waals surface area contributed by atoms with Gasteiger partial charge in [-0.15, -0.1) is 0 Å². The van der Waals surface area contributed by atoms with Gasteiger partial charge in [-0.25, -0.2) is 18.4 Å². The molecule has 1 aliphatic heterocycles. The fraction of sp³-hybridized carbons (Fsp3) is 0.391. The van der Waals surface area contributed by atoms with Crippen LogP contribution in [0.25, 0.3) is 0 Å². The third kappa shape index (κ3) is 6.70. The van der Waals surface area contributed by atoms with E-state index in [0.29, 0.717) is 39.4 Å². The minimum absolute atomic E-state index is 0.0820. The quantitative estimate of drug-likeness (QED) is 0.525. The standard InChI is InChI=1S/C23H26F2N4O4/c24-21-5-4-20(11-22(21)25)33-15-23(30)13-28(6-8-31-14-23)12-18-2-1-3-19(10-18)32-9-7-29-17-26-16-27-29/h1-5,10-11,16-17,30H,6-9,12-15H2. The van der Waals surface area contributed by atoms with Gasteiger partial charge in [-0.1, -0.05) is 12.1 Å². The van der Waals surface area contributed by atoms with Gasteiger partial charge in [-0.3, -0.25) is 4.90 Å². The Morgan fingerprint density at radius 1 is 1.09 bits per heavy atom. The zero-order valence-corrected chi connectivity index (χ0v) is 18.1. The van der Waals surface area contributed by atoms with Gasteiger partial charge in [-0.05, 0) is 29.8 Å². The lowest BCUT2D eigenvalue weighted by Gasteiger charge is -2.30. The van der Waals surface area contributed by atoms with Gasteiger partial charge in [0.1, 0.15) is 43.0 Å². The van der Waals surface area contributed by atoms with Gasteiger partial charge >= 0.3 is 0 Å². The molecule has 0 aliphatic carbocycles. The van der Waals surface area contributed by atoms with E-state index in [1.54, 1.807) is 11.0 Å². The molecule has 1 saturated heterocycles. The molecule has 3 aromatic rings. The summed E-state index contributed by atoms with van der Waals surface area (Å²) in [6.07, 6.45) is 3.12. The van der Waals surface area contributed by atoms with Crippen LogP contribution in [0.15, 0.2) is 55.1 Å². The van der Waals surface area contributed by atoms with Crippen molar-refractivity contribution in [1.82, 2.24) is 19.7 Å². The van der Waals surface area contributed by atoms with E-state index in [1.165, 1.54) is 12.4 Å². The number of aliphatic hydroxyl groups is 1. The summed E-state index contributed by atoms with van der Waals surface area (Å²) < 4.78 is 45.2. The maximum Gasteiger partial charge on any atom is 0.162 e. The summed E-state index contributed by atoms with van der Waals surface area (Å²) in [5.74, 6) is -1.05. The Kier molecular flexibility index (Phi) is 7.48. The molecule has 1 fully saturated rings. The van der Waals surface area contributed by atoms with Crippen LogP contribution in [0.3, 0.4) is 0 Å². The second-order valence-electron chi connectivity index (χ2n) is 8.01. The highest BCUT2D eigenvalue weighted by Gasteiger charge is 2.33. The lowest BCUT2D eigenvalue weighted by Crippen LogP contribution is -2.48. The van der Waals surface area contributed by atoms with E-state index in [0.717, 1.165) is 23.4 Å². The SMILES string of the molecule is OC1(COc2ccc(F)c(F)c2)COCCN(Cc2cccc(OCCn3cncn3)c2)C1. The fourth-order valence-corrected chi connectivity index (χ4v) is 3.60. The van der Waals surface area contributed by atoms with Crippen molar-refractivity contribution in [1.29, 1.82) is 0 Å². The van der Waals surface area contributed by atoms with Crippen molar-refractivity contribution < 1.29 is 28.1 Å². The summed E-state index contributed by atoms with van der Waals surface area (Å²) in [6, 6.07) is 11.0. The fourth-order valence-electron chi connectivity index (χ4n) is 3.60. The molecule has 2 aromatic carbocycles. The molecular formula is C23H26F2N4O4. The van der Waals surface area contributed by atoms with Crippen molar-refractivity contribution >= 4 is 0 Å². The van der Waals surface area contributed by atoms with Crippen LogP contribution >= 0.6 is 0 Å². The van der Waals surface area contributed by atoms with Crippen molar-refractivity contribution in [3.8, 4) is 11.5 Å². The average molecular weight is 460 g/mol. The molecular weight excluding hydrogens is 434 g/mol. The van der Waals surface area contributed by atoms with Gasteiger partial charge in [0.2, 0.25) is 0 Å². The van der Waals surface area contributed by atoms with E-state index in [4.69, 9.17) is 14.2 Å². The summed E-state index contributed by atoms with van der Waals surface area (Å²) >= 11 is 0. The van der Waals surface area contributed by atoms with E-state index in [2.05, 4.69) is 15.0 Å². The highest BCUT2D eigenvalue weighted by Crippen LogP contribution is 2.21. The number of nitrogens with zero attached hydrogens (tertiary/aromatic N) is 4. The number of halogens is 2. The monoisotopic (exact) mass is 460 g/mol. The van der Waals surface area contributed by atoms with Crippen LogP contribution in [0.4, 0.5) is 8.78 Å². The van der Waals surface area contributed by atoms with Crippen molar-refractivity contribution in [3.05, 3.63) is 72.3 Å². The van der Waals surface area contributed by atoms with Crippen LogP contribution in [0.2, 0.25) is 0 Å². The Bertz CT molecular complexity index is 1040. The first-order valence-electron chi connectivity index (χ1n) is 10.6. The van der Waals surface area contributed by atoms with E-state index in [1.807, 2.05) is 24.3 Å². The zero-order valence-electron chi connectivity index (χ0n) is 18.1. The molecule has 1 N–H and O–H groups in total. The Morgan fingerprint density at radius 2 is 1.97 bits per heavy atom. The lowest BCUT2D eigenvalue weighted by atomic mass is 10.1. The second-order valence-corrected chi connectivity index (χ2v) is 8.01. The molecule has 0 radical (unpaired) electrons. The normalized spacial score (nSPS) is 19.2. The second kappa shape index (κ2) is 10.7. The molecule has 0 amide bonds. The van der Waals surface area contributed by atoms with Gasteiger partial charge in [0, 0.05) is 25.7 Å². The highest BCUT2D eigenvalue weighted by molar-refractivity contribution is 5.28. The number of aromatic nitrogens is 3. The number of hydrogen-bond donors (Lipinski definition) is 1. The minimum Gasteiger partial charge on any atom is -0.492 e. The number of benzene rings is 2. The number of hydrogen-bond acceptors (Lipinski definition) is 7. The molecule has 8 nitrogen and oxygen atoms in total. The zero-order chi connectivity index (χ0) is 23.1. The highest BCUT2D eigenvalue weighted by atomic mass is 19.2. The van der Waals surface area contributed by atoms with Gasteiger partial charge < -0.3 is 19.3 Å². The van der Waals surface area contributed by atoms with Gasteiger partial charge in [0.25, 0.3) is 0 Å². The van der Waals surface area contributed by atoms with Crippen molar-refractivity contribution in [2.75, 3.05) is 39.5 Å². The summed E-state index contributed by atoms with van der Waals surface area (Å²) in [6.45, 7) is 3.00. The van der Waals surface area contributed by atoms with Gasteiger partial charge in [0.05, 0.1) is 19.8 Å². The summed E-state index contributed by atoms with van der Waals surface area (Å²) in [4.78, 5) is 5.97. The first-order chi connectivity index (χ1) is 16.0. The van der Waals surface area contributed by atoms with E-state index < -0.39 is 17.2 Å². The predicted molar refractivity (Wildman–Crippen MR) is 115 cm³/mol. The molecule has 4 rings (SSSR count). The lowest BCUT2D eigenvalue weighted by molar-refractivity contribution is -0.0647. The Morgan fingerprint density at radius 3 is 2.79 bits per heavy atom. The summed E-state index contributed by atoms with van der Waals surface area (Å²) in [5.41, 5.74) is -0.271. The topological polar surface area (TPSA) is 81.9 Å². The summed E-state index contributed by atoms with van der Waals surface area (Å²) in [7, 11) is 0. The van der Waals surface area contributed by atoms with Crippen molar-refractivity contribution in [2.24, 2.45) is 0 Å². The molecule has 10 heteroatoms. The third-order valence-electron chi connectivity index (χ3n) is 5.20. The molecule has 1 aromatic heterocycles. The number of ether oxygens (including phenoxy) is 3. The molecule has 176 valence electrons. The average Bonchev–Trinajstić information content (AvgIpc) is 3.24. The summed E-state index contributed by atoms with van der Waals surface area (Å²) in [5, 5.41) is 15.1. The Hall–Kier alpha value is -3.08. The maximum atomic E-state index is 13.4. The smallest absolute Gasteiger partial charge is 0.162 e. The molecule has 0 bridgehead atoms. The molecule has 2 heterocycles. The van der Waals surface area contributed by atoms with E-state index >= 15 is 0 Å². The first-order valence-corrected chi connectivity index (χ1v) is 10.6. The largest absolute Gasteiger partial charge is 0.492 e. The Balaban J connectivity index is 1.32. The molecule has 1 unspecified atom stereocenters. The van der Waals surface area contributed by atoms with Crippen LogP contribution in [0, 0.1) is 11.6 Å². The van der Waals surface area contributed by atoms with Crippen LogP contribution in [-0.4, -0.2) is 69.9 Å². The molecule has 33 heavy (non-hydrogen) atoms. The van der Waals surface area contributed by atoms with Crippen molar-refractivity contribution in [2.45, 2.75) is 18.7 Å². The van der Waals surface area contributed by atoms with Gasteiger partial charge in [0.15, 0.2) is 11.6 Å². The van der Waals surface area contributed by atoms with Crippen molar-refractivity contribution in [3.63, 3.8) is 0 Å². The molecule has 0 saturated carbocycles. The Labute approximate surface area is 190 Å².